The Morgan fingerprint density at radius 3 is 2.44 bits per heavy atom. The monoisotopic (exact) mass is 476 g/mol. The van der Waals surface area contributed by atoms with Crippen LogP contribution in [0.1, 0.15) is 51.2 Å². The van der Waals surface area contributed by atoms with Crippen LogP contribution in [0, 0.1) is 16.7 Å². The molecule has 10 heteroatoms. The van der Waals surface area contributed by atoms with E-state index >= 15 is 0 Å². The lowest BCUT2D eigenvalue weighted by Gasteiger charge is -2.58. The van der Waals surface area contributed by atoms with Gasteiger partial charge in [-0.15, -0.1) is 0 Å². The Hall–Kier alpha value is -3.14. The van der Waals surface area contributed by atoms with Crippen LogP contribution in [0.5, 0.6) is 0 Å². The molecule has 1 N–H and O–H groups in total. The van der Waals surface area contributed by atoms with Crippen LogP contribution >= 0.6 is 0 Å². The molecule has 4 rings (SSSR count). The first-order chi connectivity index (χ1) is 16.1. The molecule has 6 atom stereocenters. The number of hydrogen-bond acceptors (Lipinski definition) is 10. The largest absolute Gasteiger partial charge is 0.472 e. The summed E-state index contributed by atoms with van der Waals surface area (Å²) in [4.78, 5) is 52.1. The summed E-state index contributed by atoms with van der Waals surface area (Å²) in [7, 11) is 2.21. The molecule has 3 aliphatic rings. The van der Waals surface area contributed by atoms with Gasteiger partial charge in [0, 0.05) is 18.9 Å². The Bertz CT molecular complexity index is 1040. The van der Waals surface area contributed by atoms with Gasteiger partial charge in [0.05, 0.1) is 32.2 Å². The van der Waals surface area contributed by atoms with Gasteiger partial charge in [-0.1, -0.05) is 11.6 Å². The number of esters is 4. The molecule has 0 amide bonds. The number of allylic oxidation sites excluding steroid dienone is 1. The lowest BCUT2D eigenvalue weighted by Crippen LogP contribution is -2.73. The minimum absolute atomic E-state index is 0.0211. The van der Waals surface area contributed by atoms with E-state index in [0.29, 0.717) is 11.1 Å². The molecule has 0 radical (unpaired) electrons. The lowest BCUT2D eigenvalue weighted by atomic mass is 9.44. The van der Waals surface area contributed by atoms with E-state index in [-0.39, 0.29) is 25.7 Å². The highest BCUT2D eigenvalue weighted by Gasteiger charge is 2.78. The summed E-state index contributed by atoms with van der Waals surface area (Å²) < 4.78 is 26.3. The number of cyclic esters (lactones) is 1. The number of aliphatic hydroxyl groups is 1. The standard InChI is InChI=1S/C24H28O10/c1-13-7-9-23(20(27)30-3)17(5-6-18(33-14(2)25)24(23,29)21(28)31-4)22(13)11-16(34-19(22)26)15-8-10-32-12-15/h7-8,10,12,16-18,29H,5-6,9,11H2,1-4H3/t16-,17-,18+,22+,23-,24+/m1/s1. The van der Waals surface area contributed by atoms with Crippen molar-refractivity contribution in [3.63, 3.8) is 0 Å². The molecule has 1 saturated heterocycles. The molecule has 1 aromatic rings. The van der Waals surface area contributed by atoms with E-state index in [0.717, 1.165) is 21.1 Å². The fourth-order valence-electron chi connectivity index (χ4n) is 6.34. The van der Waals surface area contributed by atoms with Crippen LogP contribution in [0.4, 0.5) is 0 Å². The van der Waals surface area contributed by atoms with Crippen molar-refractivity contribution in [1.29, 1.82) is 0 Å². The van der Waals surface area contributed by atoms with E-state index in [9.17, 15) is 24.3 Å². The smallest absolute Gasteiger partial charge is 0.343 e. The van der Waals surface area contributed by atoms with Gasteiger partial charge in [-0.2, -0.15) is 0 Å². The Morgan fingerprint density at radius 1 is 1.15 bits per heavy atom. The van der Waals surface area contributed by atoms with Crippen LogP contribution in [0.15, 0.2) is 34.7 Å². The molecule has 0 bridgehead atoms. The molecule has 10 nitrogen and oxygen atoms in total. The molecule has 0 unspecified atom stereocenters. The maximum atomic E-state index is 13.6. The average Bonchev–Trinajstić information content (AvgIpc) is 3.46. The summed E-state index contributed by atoms with van der Waals surface area (Å²) in [6, 6.07) is 1.69. The second-order valence-electron chi connectivity index (χ2n) is 9.17. The quantitative estimate of drug-likeness (QED) is 0.390. The van der Waals surface area contributed by atoms with Crippen molar-refractivity contribution in [2.24, 2.45) is 16.7 Å². The number of rotatable bonds is 4. The second kappa shape index (κ2) is 8.26. The van der Waals surface area contributed by atoms with Gasteiger partial charge in [-0.05, 0) is 38.2 Å². The SMILES string of the molecule is COC(=O)[C@@]1(O)[C@@H](OC(C)=O)CC[C@@H]2[C@]3(C[C@H](c4ccoc4)OC3=O)C(C)=CC[C@]21C(=O)OC. The third-order valence-electron chi connectivity index (χ3n) is 7.88. The summed E-state index contributed by atoms with van der Waals surface area (Å²) in [6.07, 6.45) is 2.84. The number of fused-ring (bicyclic) bond motifs is 2. The van der Waals surface area contributed by atoms with Crippen LogP contribution in [-0.2, 0) is 38.1 Å². The van der Waals surface area contributed by atoms with Gasteiger partial charge in [0.2, 0.25) is 5.60 Å². The van der Waals surface area contributed by atoms with Crippen LogP contribution in [0.2, 0.25) is 0 Å². The van der Waals surface area contributed by atoms with E-state index in [1.165, 1.54) is 12.5 Å². The normalized spacial score (nSPS) is 36.8. The summed E-state index contributed by atoms with van der Waals surface area (Å²) >= 11 is 0. The fourth-order valence-corrected chi connectivity index (χ4v) is 6.34. The molecule has 0 aromatic carbocycles. The molecule has 34 heavy (non-hydrogen) atoms. The van der Waals surface area contributed by atoms with Gasteiger partial charge >= 0.3 is 23.9 Å². The Labute approximate surface area is 196 Å². The second-order valence-corrected chi connectivity index (χ2v) is 9.17. The molecule has 1 aromatic heterocycles. The fraction of sp³-hybridized carbons (Fsp3) is 0.583. The van der Waals surface area contributed by atoms with E-state index < -0.39 is 58.4 Å². The molecule has 2 heterocycles. The number of carbonyl (C=O) groups is 4. The predicted molar refractivity (Wildman–Crippen MR) is 113 cm³/mol. The maximum Gasteiger partial charge on any atom is 0.343 e. The van der Waals surface area contributed by atoms with E-state index in [2.05, 4.69) is 0 Å². The lowest BCUT2D eigenvalue weighted by molar-refractivity contribution is -0.247. The Morgan fingerprint density at radius 2 is 1.85 bits per heavy atom. The first kappa shape index (κ1) is 24.0. The van der Waals surface area contributed by atoms with Crippen molar-refractivity contribution >= 4 is 23.9 Å². The van der Waals surface area contributed by atoms with Gasteiger partial charge < -0.3 is 28.5 Å². The summed E-state index contributed by atoms with van der Waals surface area (Å²) in [5, 5.41) is 12.0. The van der Waals surface area contributed by atoms with E-state index in [1.807, 2.05) is 0 Å². The molecule has 1 aliphatic heterocycles. The van der Waals surface area contributed by atoms with Crippen molar-refractivity contribution in [2.45, 2.75) is 57.3 Å². The topological polar surface area (TPSA) is 139 Å². The number of ether oxygens (including phenoxy) is 4. The molecule has 1 spiro atoms. The highest BCUT2D eigenvalue weighted by atomic mass is 16.6. The molecule has 2 fully saturated rings. The number of methoxy groups -OCH3 is 2. The minimum atomic E-state index is -2.60. The average molecular weight is 476 g/mol. The van der Waals surface area contributed by atoms with Crippen molar-refractivity contribution < 1.29 is 47.6 Å². The molecular weight excluding hydrogens is 448 g/mol. The van der Waals surface area contributed by atoms with Gasteiger partial charge in [0.25, 0.3) is 0 Å². The Kier molecular flexibility index (Phi) is 5.83. The van der Waals surface area contributed by atoms with Crippen molar-refractivity contribution in [3.05, 3.63) is 35.8 Å². The van der Waals surface area contributed by atoms with Crippen molar-refractivity contribution in [3.8, 4) is 0 Å². The van der Waals surface area contributed by atoms with Crippen LogP contribution < -0.4 is 0 Å². The van der Waals surface area contributed by atoms with Crippen LogP contribution in [-0.4, -0.2) is 54.9 Å². The van der Waals surface area contributed by atoms with Gasteiger partial charge in [0.1, 0.15) is 17.6 Å². The third-order valence-corrected chi connectivity index (χ3v) is 7.88. The number of hydrogen-bond donors (Lipinski definition) is 1. The molecule has 184 valence electrons. The summed E-state index contributed by atoms with van der Waals surface area (Å²) in [6.45, 7) is 2.92. The zero-order chi connectivity index (χ0) is 24.9. The first-order valence-electron chi connectivity index (χ1n) is 11.1. The van der Waals surface area contributed by atoms with Crippen LogP contribution in [0.25, 0.3) is 0 Å². The number of carbonyl (C=O) groups excluding carboxylic acids is 4. The molecular formula is C24H28O10. The molecule has 2 aliphatic carbocycles. The minimum Gasteiger partial charge on any atom is -0.472 e. The van der Waals surface area contributed by atoms with Gasteiger partial charge in [0.15, 0.2) is 0 Å². The predicted octanol–water partition coefficient (Wildman–Crippen LogP) is 2.01. The zero-order valence-electron chi connectivity index (χ0n) is 19.5. The van der Waals surface area contributed by atoms with Crippen molar-refractivity contribution in [1.82, 2.24) is 0 Å². The van der Waals surface area contributed by atoms with Crippen LogP contribution in [0.3, 0.4) is 0 Å². The third kappa shape index (κ3) is 2.97. The van der Waals surface area contributed by atoms with E-state index in [1.54, 1.807) is 19.1 Å². The van der Waals surface area contributed by atoms with E-state index in [4.69, 9.17) is 23.4 Å². The van der Waals surface area contributed by atoms with Gasteiger partial charge in [-0.25, -0.2) is 4.79 Å². The van der Waals surface area contributed by atoms with Crippen molar-refractivity contribution in [2.75, 3.05) is 14.2 Å². The summed E-state index contributed by atoms with van der Waals surface area (Å²) in [5.74, 6) is -4.23. The molecule has 1 saturated carbocycles. The zero-order valence-corrected chi connectivity index (χ0v) is 19.5. The summed E-state index contributed by atoms with van der Waals surface area (Å²) in [5.41, 5.74) is -4.55. The van der Waals surface area contributed by atoms with Gasteiger partial charge in [-0.3, -0.25) is 14.4 Å². The first-order valence-corrected chi connectivity index (χ1v) is 11.1. The highest BCUT2D eigenvalue weighted by Crippen LogP contribution is 2.67. The maximum absolute atomic E-state index is 13.6. The number of furan rings is 1. The highest BCUT2D eigenvalue weighted by molar-refractivity contribution is 5.95. The Balaban J connectivity index is 1.93.